The molecule has 0 spiro atoms. The predicted octanol–water partition coefficient (Wildman–Crippen LogP) is 3.19. The first-order chi connectivity index (χ1) is 10.0. The van der Waals surface area contributed by atoms with Gasteiger partial charge in [0.2, 0.25) is 0 Å². The van der Waals surface area contributed by atoms with Gasteiger partial charge >= 0.3 is 0 Å². The van der Waals surface area contributed by atoms with E-state index in [4.69, 9.17) is 9.15 Å². The second kappa shape index (κ2) is 7.08. The quantitative estimate of drug-likeness (QED) is 0.665. The van der Waals surface area contributed by atoms with E-state index in [0.717, 1.165) is 15.8 Å². The average Bonchev–Trinajstić information content (AvgIpc) is 2.83. The van der Waals surface area contributed by atoms with E-state index in [9.17, 15) is 4.79 Å². The number of rotatable bonds is 5. The second-order valence-electron chi connectivity index (χ2n) is 4.44. The van der Waals surface area contributed by atoms with Crippen molar-refractivity contribution >= 4 is 28.1 Å². The highest BCUT2D eigenvalue weighted by molar-refractivity contribution is 9.10. The molecule has 0 aliphatic rings. The Balaban J connectivity index is 1.81. The largest absolute Gasteiger partial charge is 0.483 e. The van der Waals surface area contributed by atoms with Gasteiger partial charge in [0.1, 0.15) is 17.3 Å². The van der Waals surface area contributed by atoms with Gasteiger partial charge in [0.15, 0.2) is 6.61 Å². The summed E-state index contributed by atoms with van der Waals surface area (Å²) < 4.78 is 11.7. The summed E-state index contributed by atoms with van der Waals surface area (Å²) in [5, 5.41) is 3.80. The van der Waals surface area contributed by atoms with Crippen LogP contribution in [-0.2, 0) is 4.79 Å². The normalized spacial score (nSPS) is 10.8. The van der Waals surface area contributed by atoms with Crippen LogP contribution in [-0.4, -0.2) is 18.7 Å². The number of hydrogen-bond donors (Lipinski definition) is 1. The minimum absolute atomic E-state index is 0.100. The summed E-state index contributed by atoms with van der Waals surface area (Å²) >= 11 is 3.37. The molecule has 0 aliphatic heterocycles. The molecular weight excluding hydrogens is 336 g/mol. The third kappa shape index (κ3) is 4.75. The van der Waals surface area contributed by atoms with Crippen LogP contribution in [0.1, 0.15) is 17.1 Å². The van der Waals surface area contributed by atoms with E-state index in [1.54, 1.807) is 6.07 Å². The zero-order valence-electron chi connectivity index (χ0n) is 11.7. The van der Waals surface area contributed by atoms with E-state index in [1.165, 1.54) is 6.21 Å². The van der Waals surface area contributed by atoms with Gasteiger partial charge in [-0.3, -0.25) is 4.79 Å². The van der Waals surface area contributed by atoms with E-state index < -0.39 is 0 Å². The standard InChI is InChI=1S/C15H15BrN2O3/c1-10-7-12(16)4-6-14(10)20-9-15(19)18-17-8-13-5-3-11(2)21-13/h3-8H,9H2,1-2H3,(H,18,19). The SMILES string of the molecule is Cc1ccc(C=NNC(=O)COc2ccc(Br)cc2C)o1. The monoisotopic (exact) mass is 350 g/mol. The summed E-state index contributed by atoms with van der Waals surface area (Å²) in [6.07, 6.45) is 1.44. The molecule has 6 heteroatoms. The summed E-state index contributed by atoms with van der Waals surface area (Å²) in [5.41, 5.74) is 3.33. The second-order valence-corrected chi connectivity index (χ2v) is 5.36. The lowest BCUT2D eigenvalue weighted by atomic mass is 10.2. The number of halogens is 1. The van der Waals surface area contributed by atoms with Crippen molar-refractivity contribution in [3.8, 4) is 5.75 Å². The van der Waals surface area contributed by atoms with Crippen LogP contribution in [0, 0.1) is 13.8 Å². The summed E-state index contributed by atoms with van der Waals surface area (Å²) in [6, 6.07) is 9.18. The number of benzene rings is 1. The number of aryl methyl sites for hydroxylation is 2. The minimum atomic E-state index is -0.336. The molecule has 1 aromatic heterocycles. The molecule has 0 aliphatic carbocycles. The number of amides is 1. The molecule has 1 aromatic carbocycles. The molecule has 2 rings (SSSR count). The molecule has 1 amide bonds. The van der Waals surface area contributed by atoms with Crippen molar-refractivity contribution in [2.45, 2.75) is 13.8 Å². The third-order valence-electron chi connectivity index (χ3n) is 2.64. The van der Waals surface area contributed by atoms with Crippen molar-refractivity contribution in [1.82, 2.24) is 5.43 Å². The fraction of sp³-hybridized carbons (Fsp3) is 0.200. The van der Waals surface area contributed by atoms with E-state index in [-0.39, 0.29) is 12.5 Å². The summed E-state index contributed by atoms with van der Waals surface area (Å²) in [6.45, 7) is 3.65. The van der Waals surface area contributed by atoms with E-state index in [1.807, 2.05) is 38.1 Å². The highest BCUT2D eigenvalue weighted by atomic mass is 79.9. The Kier molecular flexibility index (Phi) is 5.16. The van der Waals surface area contributed by atoms with Crippen LogP contribution in [0.15, 0.2) is 44.3 Å². The maximum atomic E-state index is 11.6. The molecule has 110 valence electrons. The molecule has 5 nitrogen and oxygen atoms in total. The maximum Gasteiger partial charge on any atom is 0.277 e. The summed E-state index contributed by atoms with van der Waals surface area (Å²) in [4.78, 5) is 11.6. The highest BCUT2D eigenvalue weighted by Crippen LogP contribution is 2.21. The molecule has 0 unspecified atom stereocenters. The Morgan fingerprint density at radius 2 is 2.19 bits per heavy atom. The minimum Gasteiger partial charge on any atom is -0.483 e. The van der Waals surface area contributed by atoms with Crippen LogP contribution in [0.25, 0.3) is 0 Å². The number of carbonyl (C=O) groups excluding carboxylic acids is 1. The molecular formula is C15H15BrN2O3. The van der Waals surface area contributed by atoms with Crippen LogP contribution in [0.2, 0.25) is 0 Å². The van der Waals surface area contributed by atoms with Crippen molar-refractivity contribution < 1.29 is 13.9 Å². The van der Waals surface area contributed by atoms with E-state index in [2.05, 4.69) is 26.5 Å². The molecule has 0 atom stereocenters. The van der Waals surface area contributed by atoms with E-state index in [0.29, 0.717) is 11.5 Å². The van der Waals surface area contributed by atoms with Gasteiger partial charge in [-0.1, -0.05) is 15.9 Å². The molecule has 0 radical (unpaired) electrons. The molecule has 1 heterocycles. The van der Waals surface area contributed by atoms with Gasteiger partial charge in [-0.2, -0.15) is 5.10 Å². The molecule has 0 saturated carbocycles. The first-order valence-electron chi connectivity index (χ1n) is 6.32. The van der Waals surface area contributed by atoms with Gasteiger partial charge in [0, 0.05) is 4.47 Å². The van der Waals surface area contributed by atoms with Crippen LogP contribution in [0.5, 0.6) is 5.75 Å². The maximum absolute atomic E-state index is 11.6. The van der Waals surface area contributed by atoms with Crippen molar-refractivity contribution in [3.63, 3.8) is 0 Å². The lowest BCUT2D eigenvalue weighted by molar-refractivity contribution is -0.123. The highest BCUT2D eigenvalue weighted by Gasteiger charge is 2.04. The Morgan fingerprint density at radius 1 is 1.38 bits per heavy atom. The van der Waals surface area contributed by atoms with Crippen LogP contribution >= 0.6 is 15.9 Å². The number of ether oxygens (including phenoxy) is 1. The van der Waals surface area contributed by atoms with Gasteiger partial charge in [0.05, 0.1) is 6.21 Å². The topological polar surface area (TPSA) is 63.8 Å². The number of nitrogens with zero attached hydrogens (tertiary/aromatic N) is 1. The molecule has 1 N–H and O–H groups in total. The van der Waals surface area contributed by atoms with Crippen LogP contribution in [0.3, 0.4) is 0 Å². The number of hydrogen-bond acceptors (Lipinski definition) is 4. The van der Waals surface area contributed by atoms with Crippen LogP contribution in [0.4, 0.5) is 0 Å². The van der Waals surface area contributed by atoms with Gasteiger partial charge < -0.3 is 9.15 Å². The van der Waals surface area contributed by atoms with E-state index >= 15 is 0 Å². The van der Waals surface area contributed by atoms with Crippen molar-refractivity contribution in [2.24, 2.45) is 5.10 Å². The number of furan rings is 1. The zero-order valence-corrected chi connectivity index (χ0v) is 13.3. The number of carbonyl (C=O) groups is 1. The zero-order chi connectivity index (χ0) is 15.2. The van der Waals surface area contributed by atoms with Crippen molar-refractivity contribution in [2.75, 3.05) is 6.61 Å². The first-order valence-corrected chi connectivity index (χ1v) is 7.11. The van der Waals surface area contributed by atoms with Gasteiger partial charge in [-0.05, 0) is 49.7 Å². The average molecular weight is 351 g/mol. The summed E-state index contributed by atoms with van der Waals surface area (Å²) in [7, 11) is 0. The van der Waals surface area contributed by atoms with Gasteiger partial charge in [0.25, 0.3) is 5.91 Å². The number of nitrogens with one attached hydrogen (secondary N) is 1. The molecule has 0 bridgehead atoms. The van der Waals surface area contributed by atoms with Crippen molar-refractivity contribution in [1.29, 1.82) is 0 Å². The lowest BCUT2D eigenvalue weighted by Gasteiger charge is -2.08. The fourth-order valence-corrected chi connectivity index (χ4v) is 2.12. The van der Waals surface area contributed by atoms with Crippen LogP contribution < -0.4 is 10.2 Å². The molecule has 0 fully saturated rings. The fourth-order valence-electron chi connectivity index (χ4n) is 1.64. The third-order valence-corrected chi connectivity index (χ3v) is 3.13. The molecule has 0 saturated heterocycles. The van der Waals surface area contributed by atoms with Gasteiger partial charge in [-0.25, -0.2) is 5.43 Å². The number of hydrazone groups is 1. The molecule has 2 aromatic rings. The Bertz CT molecular complexity index is 665. The lowest BCUT2D eigenvalue weighted by Crippen LogP contribution is -2.24. The van der Waals surface area contributed by atoms with Gasteiger partial charge in [-0.15, -0.1) is 0 Å². The predicted molar refractivity (Wildman–Crippen MR) is 83.6 cm³/mol. The Hall–Kier alpha value is -2.08. The van der Waals surface area contributed by atoms with Crippen molar-refractivity contribution in [3.05, 3.63) is 51.9 Å². The first kappa shape index (κ1) is 15.3. The Morgan fingerprint density at radius 3 is 2.86 bits per heavy atom. The summed E-state index contributed by atoms with van der Waals surface area (Å²) in [5.74, 6) is 1.70. The smallest absolute Gasteiger partial charge is 0.277 e. The Labute approximate surface area is 131 Å². The molecule has 21 heavy (non-hydrogen) atoms.